The Morgan fingerprint density at radius 3 is 2.77 bits per heavy atom. The monoisotopic (exact) mass is 374 g/mol. The Morgan fingerprint density at radius 2 is 2.08 bits per heavy atom. The molecule has 4 N–H and O–H groups in total. The van der Waals surface area contributed by atoms with Gasteiger partial charge in [0, 0.05) is 37.6 Å². The highest BCUT2D eigenvalue weighted by Gasteiger charge is 2.11. The largest absolute Gasteiger partial charge is 0.507 e. The first kappa shape index (κ1) is 19.7. The number of aromatic hydroxyl groups is 1. The van der Waals surface area contributed by atoms with Crippen molar-refractivity contribution in [3.63, 3.8) is 0 Å². The number of halogens is 1. The van der Waals surface area contributed by atoms with E-state index >= 15 is 0 Å². The Bertz CT molecular complexity index is 866. The van der Waals surface area contributed by atoms with E-state index in [2.05, 4.69) is 20.4 Å². The molecular weight excluding hydrogens is 352 g/mol. The summed E-state index contributed by atoms with van der Waals surface area (Å²) >= 11 is 0. The van der Waals surface area contributed by atoms with E-state index < -0.39 is 0 Å². The van der Waals surface area contributed by atoms with E-state index in [4.69, 9.17) is 5.73 Å². The molecule has 7 nitrogen and oxygen atoms in total. The summed E-state index contributed by atoms with van der Waals surface area (Å²) in [5, 5.41) is 17.6. The Kier molecular flexibility index (Phi) is 6.54. The van der Waals surface area contributed by atoms with Gasteiger partial charge in [-0.3, -0.25) is 4.68 Å². The fourth-order valence-electron chi connectivity index (χ4n) is 2.43. The van der Waals surface area contributed by atoms with Crippen LogP contribution in [0.4, 0.5) is 5.82 Å². The molecule has 26 heavy (non-hydrogen) atoms. The summed E-state index contributed by atoms with van der Waals surface area (Å²) in [7, 11) is 1.87. The van der Waals surface area contributed by atoms with Crippen LogP contribution < -0.4 is 11.1 Å². The number of anilines is 1. The van der Waals surface area contributed by atoms with Gasteiger partial charge in [0.25, 0.3) is 0 Å². The van der Waals surface area contributed by atoms with Gasteiger partial charge in [-0.05, 0) is 30.2 Å². The van der Waals surface area contributed by atoms with E-state index in [0.717, 1.165) is 17.5 Å². The average molecular weight is 375 g/mol. The van der Waals surface area contributed by atoms with Crippen molar-refractivity contribution in [2.24, 2.45) is 12.8 Å². The van der Waals surface area contributed by atoms with Crippen LogP contribution in [0.25, 0.3) is 22.5 Å². The molecule has 0 bridgehead atoms. The molecule has 2 heterocycles. The fourth-order valence-corrected chi connectivity index (χ4v) is 2.43. The summed E-state index contributed by atoms with van der Waals surface area (Å²) in [6.07, 6.45) is 6.25. The van der Waals surface area contributed by atoms with E-state index in [1.165, 1.54) is 0 Å². The van der Waals surface area contributed by atoms with Gasteiger partial charge in [-0.2, -0.15) is 5.10 Å². The molecule has 1 atom stereocenters. The number of nitrogens with zero attached hydrogens (tertiary/aromatic N) is 4. The molecular formula is C18H23ClN6O. The van der Waals surface area contributed by atoms with Crippen molar-refractivity contribution in [3.8, 4) is 28.3 Å². The van der Waals surface area contributed by atoms with Crippen LogP contribution in [0.1, 0.15) is 13.3 Å². The number of phenolic OH excluding ortho intramolecular Hbond substituents is 1. The molecule has 0 aliphatic carbocycles. The highest BCUT2D eigenvalue weighted by molar-refractivity contribution is 5.85. The third kappa shape index (κ3) is 4.50. The quantitative estimate of drug-likeness (QED) is 0.613. The zero-order chi connectivity index (χ0) is 17.8. The van der Waals surface area contributed by atoms with Crippen molar-refractivity contribution >= 4 is 18.2 Å². The predicted molar refractivity (Wildman–Crippen MR) is 105 cm³/mol. The summed E-state index contributed by atoms with van der Waals surface area (Å²) in [6.45, 7) is 2.67. The summed E-state index contributed by atoms with van der Waals surface area (Å²) in [5.74, 6) is 1.27. The van der Waals surface area contributed by atoms with Crippen LogP contribution in [-0.2, 0) is 7.05 Å². The standard InChI is InChI=1S/C18H22N6O.ClH/c1-3-14(19)10-21-17-6-7-20-18(23-17)15-8-12(4-5-16(15)25)13-9-22-24(2)11-13;/h4-9,11,14,25H,3,10,19H2,1-2H3,(H,20,21,23);1H. The minimum absolute atomic E-state index is 0. The molecule has 8 heteroatoms. The summed E-state index contributed by atoms with van der Waals surface area (Å²) in [5.41, 5.74) is 8.41. The van der Waals surface area contributed by atoms with Gasteiger partial charge in [0.15, 0.2) is 5.82 Å². The number of rotatable bonds is 6. The van der Waals surface area contributed by atoms with Gasteiger partial charge in [0.1, 0.15) is 11.6 Å². The first-order valence-corrected chi connectivity index (χ1v) is 8.21. The maximum absolute atomic E-state index is 10.2. The molecule has 0 amide bonds. The molecule has 3 rings (SSSR count). The van der Waals surface area contributed by atoms with Crippen LogP contribution in [0.2, 0.25) is 0 Å². The lowest BCUT2D eigenvalue weighted by Gasteiger charge is -2.12. The highest BCUT2D eigenvalue weighted by atomic mass is 35.5. The second-order valence-corrected chi connectivity index (χ2v) is 5.95. The highest BCUT2D eigenvalue weighted by Crippen LogP contribution is 2.31. The normalized spacial score (nSPS) is 11.7. The Labute approximate surface area is 158 Å². The van der Waals surface area contributed by atoms with E-state index in [9.17, 15) is 5.11 Å². The maximum Gasteiger partial charge on any atom is 0.165 e. The summed E-state index contributed by atoms with van der Waals surface area (Å²) in [6, 6.07) is 7.21. The molecule has 0 spiro atoms. The minimum atomic E-state index is 0. The number of aryl methyl sites for hydroxylation is 1. The number of benzene rings is 1. The Hall–Kier alpha value is -2.64. The Morgan fingerprint density at radius 1 is 1.27 bits per heavy atom. The first-order chi connectivity index (χ1) is 12.1. The molecule has 0 saturated heterocycles. The zero-order valence-electron chi connectivity index (χ0n) is 14.8. The number of nitrogens with one attached hydrogen (secondary N) is 1. The molecule has 1 unspecified atom stereocenters. The van der Waals surface area contributed by atoms with Gasteiger partial charge in [-0.25, -0.2) is 9.97 Å². The van der Waals surface area contributed by atoms with E-state index in [-0.39, 0.29) is 24.2 Å². The Balaban J connectivity index is 0.00000243. The van der Waals surface area contributed by atoms with Crippen LogP contribution in [0.5, 0.6) is 5.75 Å². The van der Waals surface area contributed by atoms with Crippen molar-refractivity contribution in [1.29, 1.82) is 0 Å². The molecule has 2 aromatic heterocycles. The van der Waals surface area contributed by atoms with Gasteiger partial charge >= 0.3 is 0 Å². The molecule has 0 radical (unpaired) electrons. The van der Waals surface area contributed by atoms with Gasteiger partial charge in [-0.1, -0.05) is 13.0 Å². The van der Waals surface area contributed by atoms with Crippen LogP contribution in [0, 0.1) is 0 Å². The first-order valence-electron chi connectivity index (χ1n) is 8.21. The molecule has 1 aromatic carbocycles. The van der Waals surface area contributed by atoms with E-state index in [1.54, 1.807) is 29.2 Å². The predicted octanol–water partition coefficient (Wildman–Crippen LogP) is 2.82. The summed E-state index contributed by atoms with van der Waals surface area (Å²) in [4.78, 5) is 8.79. The molecule has 3 aromatic rings. The molecule has 0 aliphatic rings. The lowest BCUT2D eigenvalue weighted by atomic mass is 10.0. The minimum Gasteiger partial charge on any atom is -0.507 e. The number of phenols is 1. The van der Waals surface area contributed by atoms with Gasteiger partial charge in [0.2, 0.25) is 0 Å². The van der Waals surface area contributed by atoms with E-state index in [1.807, 2.05) is 32.3 Å². The lowest BCUT2D eigenvalue weighted by molar-refractivity contribution is 0.477. The maximum atomic E-state index is 10.2. The third-order valence-corrected chi connectivity index (χ3v) is 4.00. The molecule has 0 saturated carbocycles. The van der Waals surface area contributed by atoms with Crippen LogP contribution in [0.3, 0.4) is 0 Å². The van der Waals surface area contributed by atoms with Crippen molar-refractivity contribution in [1.82, 2.24) is 19.7 Å². The number of nitrogens with two attached hydrogens (primary N) is 1. The second-order valence-electron chi connectivity index (χ2n) is 5.95. The third-order valence-electron chi connectivity index (χ3n) is 4.00. The summed E-state index contributed by atoms with van der Waals surface area (Å²) < 4.78 is 1.74. The van der Waals surface area contributed by atoms with Crippen molar-refractivity contribution in [3.05, 3.63) is 42.9 Å². The number of hydrogen-bond donors (Lipinski definition) is 3. The topological polar surface area (TPSA) is 102 Å². The van der Waals surface area contributed by atoms with Gasteiger partial charge in [0.05, 0.1) is 11.8 Å². The van der Waals surface area contributed by atoms with Crippen LogP contribution in [-0.4, -0.2) is 37.4 Å². The second kappa shape index (κ2) is 8.64. The van der Waals surface area contributed by atoms with Gasteiger partial charge in [-0.15, -0.1) is 12.4 Å². The molecule has 0 fully saturated rings. The smallest absolute Gasteiger partial charge is 0.165 e. The average Bonchev–Trinajstić information content (AvgIpc) is 3.06. The number of aromatic nitrogens is 4. The zero-order valence-corrected chi connectivity index (χ0v) is 15.6. The van der Waals surface area contributed by atoms with Crippen molar-refractivity contribution < 1.29 is 5.11 Å². The van der Waals surface area contributed by atoms with Crippen molar-refractivity contribution in [2.45, 2.75) is 19.4 Å². The van der Waals surface area contributed by atoms with Crippen LogP contribution in [0.15, 0.2) is 42.9 Å². The molecule has 138 valence electrons. The number of hydrogen-bond acceptors (Lipinski definition) is 6. The SMILES string of the molecule is CCC(N)CNc1ccnc(-c2cc(-c3cnn(C)c3)ccc2O)n1.Cl. The van der Waals surface area contributed by atoms with E-state index in [0.29, 0.717) is 23.8 Å². The lowest BCUT2D eigenvalue weighted by Crippen LogP contribution is -2.28. The molecule has 0 aliphatic heterocycles. The van der Waals surface area contributed by atoms with Crippen LogP contribution >= 0.6 is 12.4 Å². The van der Waals surface area contributed by atoms with Crippen molar-refractivity contribution in [2.75, 3.05) is 11.9 Å². The fraction of sp³-hybridized carbons (Fsp3) is 0.278. The van der Waals surface area contributed by atoms with Gasteiger partial charge < -0.3 is 16.2 Å².